The molecule has 1 amide bonds. The Hall–Kier alpha value is -3.49. The third-order valence-corrected chi connectivity index (χ3v) is 5.44. The molecule has 5 nitrogen and oxygen atoms in total. The molecule has 0 unspecified atom stereocenters. The second-order valence-corrected chi connectivity index (χ2v) is 7.90. The number of halogens is 5. The zero-order chi connectivity index (χ0) is 24.5. The quantitative estimate of drug-likeness (QED) is 0.322. The van der Waals surface area contributed by atoms with E-state index in [0.717, 1.165) is 6.07 Å². The zero-order valence-corrected chi connectivity index (χ0v) is 18.6. The number of carbonyl (C=O) groups excluding carboxylic acids is 1. The molecule has 0 radical (unpaired) electrons. The van der Waals surface area contributed by atoms with E-state index in [9.17, 15) is 22.8 Å². The number of hydrogen-bond donors (Lipinski definition) is 1. The Morgan fingerprint density at radius 3 is 2.32 bits per heavy atom. The Balaban J connectivity index is 1.67. The van der Waals surface area contributed by atoms with E-state index in [1.54, 1.807) is 24.3 Å². The fraction of sp³-hybridized carbons (Fsp3) is 0.0833. The van der Waals surface area contributed by atoms with Gasteiger partial charge in [-0.2, -0.15) is 13.2 Å². The Kier molecular flexibility index (Phi) is 6.54. The van der Waals surface area contributed by atoms with Gasteiger partial charge in [0.05, 0.1) is 21.7 Å². The fourth-order valence-corrected chi connectivity index (χ4v) is 3.68. The zero-order valence-electron chi connectivity index (χ0n) is 17.1. The van der Waals surface area contributed by atoms with Crippen molar-refractivity contribution in [1.29, 1.82) is 0 Å². The van der Waals surface area contributed by atoms with Crippen LogP contribution < -0.4 is 15.5 Å². The third-order valence-electron chi connectivity index (χ3n) is 4.78. The SMILES string of the molecule is O=C(COc1ccc2c(=O)c(-c3ccccc3Cl)c(C(F)(F)F)oc2c1)Nc1ccccc1Cl. The maximum Gasteiger partial charge on any atom is 0.450 e. The van der Waals surface area contributed by atoms with E-state index >= 15 is 0 Å². The van der Waals surface area contributed by atoms with Crippen LogP contribution in [0, 0.1) is 0 Å². The van der Waals surface area contributed by atoms with Crippen molar-refractivity contribution in [1.82, 2.24) is 0 Å². The first kappa shape index (κ1) is 23.7. The second-order valence-electron chi connectivity index (χ2n) is 7.09. The van der Waals surface area contributed by atoms with Crippen molar-refractivity contribution in [2.45, 2.75) is 6.18 Å². The molecular weight excluding hydrogens is 494 g/mol. The number of rotatable bonds is 5. The molecule has 0 aliphatic rings. The van der Waals surface area contributed by atoms with Gasteiger partial charge in [0.25, 0.3) is 5.91 Å². The van der Waals surface area contributed by atoms with Crippen molar-refractivity contribution >= 4 is 45.8 Å². The van der Waals surface area contributed by atoms with Crippen molar-refractivity contribution in [3.63, 3.8) is 0 Å². The van der Waals surface area contributed by atoms with E-state index in [1.165, 1.54) is 36.4 Å². The standard InChI is InChI=1S/C24H14Cl2F3NO4/c25-16-6-2-1-5-14(16)21-22(32)15-10-9-13(11-19(15)34-23(21)24(27,28)29)33-12-20(31)30-18-8-4-3-7-17(18)26/h1-11H,12H2,(H,30,31). The molecule has 0 saturated carbocycles. The van der Waals surface area contributed by atoms with E-state index in [2.05, 4.69) is 5.32 Å². The molecule has 0 spiro atoms. The Morgan fingerprint density at radius 1 is 0.971 bits per heavy atom. The predicted octanol–water partition coefficient (Wildman–Crippen LogP) is 6.80. The van der Waals surface area contributed by atoms with Crippen molar-refractivity contribution in [2.24, 2.45) is 0 Å². The summed E-state index contributed by atoms with van der Waals surface area (Å²) in [4.78, 5) is 25.2. The number of nitrogens with one attached hydrogen (secondary N) is 1. The summed E-state index contributed by atoms with van der Waals surface area (Å²) in [7, 11) is 0. The van der Waals surface area contributed by atoms with Crippen LogP contribution in [0.15, 0.2) is 75.9 Å². The molecule has 4 rings (SSSR count). The van der Waals surface area contributed by atoms with Gasteiger partial charge in [0.1, 0.15) is 11.3 Å². The van der Waals surface area contributed by atoms with Crippen LogP contribution in [0.1, 0.15) is 5.76 Å². The summed E-state index contributed by atoms with van der Waals surface area (Å²) in [6, 6.07) is 16.0. The highest BCUT2D eigenvalue weighted by atomic mass is 35.5. The molecule has 1 aromatic heterocycles. The van der Waals surface area contributed by atoms with Crippen LogP contribution in [-0.4, -0.2) is 12.5 Å². The average Bonchev–Trinajstić information content (AvgIpc) is 2.79. The number of anilines is 1. The normalized spacial score (nSPS) is 11.4. The number of carbonyl (C=O) groups is 1. The van der Waals surface area contributed by atoms with Crippen LogP contribution in [0.4, 0.5) is 18.9 Å². The molecule has 4 aromatic rings. The highest BCUT2D eigenvalue weighted by molar-refractivity contribution is 6.34. The highest BCUT2D eigenvalue weighted by Crippen LogP contribution is 2.39. The molecule has 0 bridgehead atoms. The number of hydrogen-bond acceptors (Lipinski definition) is 4. The highest BCUT2D eigenvalue weighted by Gasteiger charge is 2.39. The first-order chi connectivity index (χ1) is 16.1. The predicted molar refractivity (Wildman–Crippen MR) is 124 cm³/mol. The maximum absolute atomic E-state index is 13.8. The van der Waals surface area contributed by atoms with Gasteiger partial charge in [-0.15, -0.1) is 0 Å². The van der Waals surface area contributed by atoms with Gasteiger partial charge in [-0.25, -0.2) is 0 Å². The second kappa shape index (κ2) is 9.40. The summed E-state index contributed by atoms with van der Waals surface area (Å²) in [5, 5.41) is 2.76. The lowest BCUT2D eigenvalue weighted by Gasteiger charge is -2.14. The van der Waals surface area contributed by atoms with Crippen LogP contribution >= 0.6 is 23.2 Å². The van der Waals surface area contributed by atoms with E-state index in [4.69, 9.17) is 32.4 Å². The molecule has 0 aliphatic heterocycles. The van der Waals surface area contributed by atoms with Crippen LogP contribution in [0.3, 0.4) is 0 Å². The number of amides is 1. The summed E-state index contributed by atoms with van der Waals surface area (Å²) in [6.45, 7) is -0.454. The van der Waals surface area contributed by atoms with E-state index < -0.39 is 35.4 Å². The number of para-hydroxylation sites is 1. The van der Waals surface area contributed by atoms with Gasteiger partial charge in [0, 0.05) is 16.7 Å². The van der Waals surface area contributed by atoms with Gasteiger partial charge >= 0.3 is 6.18 Å². The van der Waals surface area contributed by atoms with E-state index in [-0.39, 0.29) is 27.3 Å². The molecule has 0 fully saturated rings. The van der Waals surface area contributed by atoms with Crippen molar-refractivity contribution in [2.75, 3.05) is 11.9 Å². The average molecular weight is 508 g/mol. The molecule has 0 atom stereocenters. The number of alkyl halides is 3. The lowest BCUT2D eigenvalue weighted by atomic mass is 10.0. The third kappa shape index (κ3) is 4.88. The van der Waals surface area contributed by atoms with Gasteiger partial charge in [0.2, 0.25) is 11.2 Å². The molecule has 3 aromatic carbocycles. The molecule has 10 heteroatoms. The van der Waals surface area contributed by atoms with Crippen LogP contribution in [0.2, 0.25) is 10.0 Å². The van der Waals surface area contributed by atoms with Crippen LogP contribution in [0.5, 0.6) is 5.75 Å². The molecule has 1 N–H and O–H groups in total. The largest absolute Gasteiger partial charge is 0.484 e. The summed E-state index contributed by atoms with van der Waals surface area (Å²) in [5.74, 6) is -1.99. The lowest BCUT2D eigenvalue weighted by molar-refractivity contribution is -0.152. The monoisotopic (exact) mass is 507 g/mol. The molecule has 1 heterocycles. The van der Waals surface area contributed by atoms with E-state index in [1.807, 2.05) is 0 Å². The van der Waals surface area contributed by atoms with E-state index in [0.29, 0.717) is 10.7 Å². The summed E-state index contributed by atoms with van der Waals surface area (Å²) in [5.41, 5.74) is -1.65. The Labute approximate surface area is 200 Å². The summed E-state index contributed by atoms with van der Waals surface area (Å²) in [6.07, 6.45) is -4.96. The molecule has 0 saturated heterocycles. The number of benzene rings is 3. The van der Waals surface area contributed by atoms with Crippen molar-refractivity contribution in [3.05, 3.63) is 92.8 Å². The fourth-order valence-electron chi connectivity index (χ4n) is 3.27. The summed E-state index contributed by atoms with van der Waals surface area (Å²) >= 11 is 12.0. The first-order valence-corrected chi connectivity index (χ1v) is 10.5. The molecule has 174 valence electrons. The van der Waals surface area contributed by atoms with Gasteiger partial charge < -0.3 is 14.5 Å². The molecular formula is C24H14Cl2F3NO4. The lowest BCUT2D eigenvalue weighted by Crippen LogP contribution is -2.20. The maximum atomic E-state index is 13.8. The van der Waals surface area contributed by atoms with Gasteiger partial charge in [-0.05, 0) is 30.3 Å². The summed E-state index contributed by atoms with van der Waals surface area (Å²) < 4.78 is 51.9. The van der Waals surface area contributed by atoms with Gasteiger partial charge in [-0.1, -0.05) is 53.5 Å². The minimum absolute atomic E-state index is 0.0239. The smallest absolute Gasteiger partial charge is 0.450 e. The van der Waals surface area contributed by atoms with Crippen LogP contribution in [-0.2, 0) is 11.0 Å². The van der Waals surface area contributed by atoms with Crippen molar-refractivity contribution < 1.29 is 27.1 Å². The first-order valence-electron chi connectivity index (χ1n) is 9.75. The van der Waals surface area contributed by atoms with Crippen LogP contribution in [0.25, 0.3) is 22.1 Å². The minimum Gasteiger partial charge on any atom is -0.484 e. The van der Waals surface area contributed by atoms with Gasteiger partial charge in [-0.3, -0.25) is 9.59 Å². The number of fused-ring (bicyclic) bond motifs is 1. The minimum atomic E-state index is -4.96. The molecule has 34 heavy (non-hydrogen) atoms. The van der Waals surface area contributed by atoms with Gasteiger partial charge in [0.15, 0.2) is 6.61 Å². The van der Waals surface area contributed by atoms with Crippen molar-refractivity contribution in [3.8, 4) is 16.9 Å². The topological polar surface area (TPSA) is 68.5 Å². The number of ether oxygens (including phenoxy) is 1. The Bertz CT molecular complexity index is 1450. The Morgan fingerprint density at radius 2 is 1.65 bits per heavy atom. The molecule has 0 aliphatic carbocycles.